The molecule has 23 heavy (non-hydrogen) atoms. The summed E-state index contributed by atoms with van der Waals surface area (Å²) in [5.41, 5.74) is 2.34. The third kappa shape index (κ3) is 3.63. The van der Waals surface area contributed by atoms with E-state index >= 15 is 0 Å². The largest absolute Gasteiger partial charge is 0.358 e. The first-order chi connectivity index (χ1) is 10.9. The van der Waals surface area contributed by atoms with Gasteiger partial charge in [-0.15, -0.1) is 0 Å². The van der Waals surface area contributed by atoms with Crippen LogP contribution in [0.3, 0.4) is 0 Å². The summed E-state index contributed by atoms with van der Waals surface area (Å²) in [5.74, 6) is 0.222. The molecule has 0 bridgehead atoms. The number of nitrogens with one attached hydrogen (secondary N) is 1. The molecule has 4 heteroatoms. The van der Waals surface area contributed by atoms with Crippen molar-refractivity contribution in [3.8, 4) is 0 Å². The Bertz CT molecular complexity index is 655. The highest BCUT2D eigenvalue weighted by Crippen LogP contribution is 2.34. The highest BCUT2D eigenvalue weighted by molar-refractivity contribution is 6.00. The number of para-hydroxylation sites is 1. The predicted octanol–water partition coefficient (Wildman–Crippen LogP) is 3.61. The molecule has 0 saturated carbocycles. The fraction of sp³-hybridized carbons (Fsp3) is 0.474. The van der Waals surface area contributed by atoms with Crippen LogP contribution in [-0.4, -0.2) is 29.7 Å². The lowest BCUT2D eigenvalue weighted by Gasteiger charge is -2.29. The Balaban J connectivity index is 1.83. The maximum atomic E-state index is 12.7. The van der Waals surface area contributed by atoms with Crippen LogP contribution in [0.1, 0.15) is 49.9 Å². The van der Waals surface area contributed by atoms with Crippen molar-refractivity contribution >= 4 is 17.4 Å². The van der Waals surface area contributed by atoms with Crippen molar-refractivity contribution in [3.63, 3.8) is 0 Å². The first-order valence-corrected chi connectivity index (χ1v) is 8.33. The molecule has 0 spiro atoms. The number of nitrogens with zero attached hydrogens (tertiary/aromatic N) is 1. The lowest BCUT2D eigenvalue weighted by atomic mass is 9.79. The number of ketones is 1. The van der Waals surface area contributed by atoms with Crippen LogP contribution in [0.5, 0.6) is 0 Å². The molecule has 4 nitrogen and oxygen atoms in total. The average Bonchev–Trinajstić information content (AvgIpc) is 2.99. The second kappa shape index (κ2) is 6.19. The van der Waals surface area contributed by atoms with Crippen LogP contribution in [0.4, 0.5) is 5.69 Å². The zero-order chi connectivity index (χ0) is 16.4. The molecule has 0 unspecified atom stereocenters. The Morgan fingerprint density at radius 1 is 1.13 bits per heavy atom. The van der Waals surface area contributed by atoms with Crippen LogP contribution in [0.15, 0.2) is 36.0 Å². The van der Waals surface area contributed by atoms with Crippen molar-refractivity contribution in [2.75, 3.05) is 18.4 Å². The highest BCUT2D eigenvalue weighted by atomic mass is 16.2. The predicted molar refractivity (Wildman–Crippen MR) is 91.3 cm³/mol. The maximum Gasteiger partial charge on any atom is 0.255 e. The van der Waals surface area contributed by atoms with Gasteiger partial charge in [-0.05, 0) is 36.8 Å². The Morgan fingerprint density at radius 2 is 1.83 bits per heavy atom. The molecule has 1 N–H and O–H groups in total. The third-order valence-corrected chi connectivity index (χ3v) is 4.50. The van der Waals surface area contributed by atoms with Gasteiger partial charge in [-0.1, -0.05) is 26.0 Å². The summed E-state index contributed by atoms with van der Waals surface area (Å²) in [4.78, 5) is 26.5. The number of allylic oxidation sites excluding steroid dienone is 2. The molecule has 0 radical (unpaired) electrons. The van der Waals surface area contributed by atoms with Gasteiger partial charge in [0.05, 0.1) is 11.3 Å². The zero-order valence-electron chi connectivity index (χ0n) is 13.9. The molecule has 0 atom stereocenters. The monoisotopic (exact) mass is 312 g/mol. The topological polar surface area (TPSA) is 49.4 Å². The van der Waals surface area contributed by atoms with Crippen LogP contribution in [0.25, 0.3) is 0 Å². The minimum absolute atomic E-state index is 0.0396. The lowest BCUT2D eigenvalue weighted by molar-refractivity contribution is -0.117. The molecule has 2 aliphatic rings. The normalized spacial score (nSPS) is 20.3. The van der Waals surface area contributed by atoms with E-state index in [0.29, 0.717) is 12.0 Å². The molecule has 1 amide bonds. The van der Waals surface area contributed by atoms with E-state index in [4.69, 9.17) is 0 Å². The second-order valence-corrected chi connectivity index (χ2v) is 7.32. The summed E-state index contributed by atoms with van der Waals surface area (Å²) in [7, 11) is 0. The first kappa shape index (κ1) is 15.8. The molecule has 0 aromatic heterocycles. The molecule has 1 fully saturated rings. The number of hydrogen-bond donors (Lipinski definition) is 1. The number of amides is 1. The molecule has 3 rings (SSSR count). The highest BCUT2D eigenvalue weighted by Gasteiger charge is 2.28. The summed E-state index contributed by atoms with van der Waals surface area (Å²) < 4.78 is 0. The molecule has 1 heterocycles. The van der Waals surface area contributed by atoms with Gasteiger partial charge in [-0.25, -0.2) is 0 Å². The number of carbonyl (C=O) groups excluding carboxylic acids is 2. The second-order valence-electron chi connectivity index (χ2n) is 7.32. The van der Waals surface area contributed by atoms with Crippen LogP contribution < -0.4 is 5.32 Å². The Labute approximate surface area is 137 Å². The maximum absolute atomic E-state index is 12.7. The van der Waals surface area contributed by atoms with E-state index in [-0.39, 0.29) is 17.1 Å². The fourth-order valence-corrected chi connectivity index (χ4v) is 3.47. The van der Waals surface area contributed by atoms with Crippen molar-refractivity contribution in [3.05, 3.63) is 41.6 Å². The van der Waals surface area contributed by atoms with Crippen LogP contribution in [0.2, 0.25) is 0 Å². The standard InChI is InChI=1S/C19H24N2O2/c1-19(2)12-14(11-15(22)13-19)20-17-8-4-3-7-16(17)18(23)21-9-5-6-10-21/h3-4,7-8,11,20H,5-6,9-10,12-13H2,1-2H3. The number of rotatable bonds is 3. The molecule has 1 aromatic rings. The fourth-order valence-electron chi connectivity index (χ4n) is 3.47. The van der Waals surface area contributed by atoms with Gasteiger partial charge in [0, 0.05) is 31.3 Å². The summed E-state index contributed by atoms with van der Waals surface area (Å²) >= 11 is 0. The van der Waals surface area contributed by atoms with Gasteiger partial charge in [0.25, 0.3) is 5.91 Å². The van der Waals surface area contributed by atoms with E-state index in [2.05, 4.69) is 19.2 Å². The van der Waals surface area contributed by atoms with Crippen molar-refractivity contribution in [2.45, 2.75) is 39.5 Å². The molecule has 1 aliphatic carbocycles. The summed E-state index contributed by atoms with van der Waals surface area (Å²) in [6.07, 6.45) is 5.23. The van der Waals surface area contributed by atoms with E-state index in [0.717, 1.165) is 43.7 Å². The van der Waals surface area contributed by atoms with Gasteiger partial charge in [-0.3, -0.25) is 9.59 Å². The lowest BCUT2D eigenvalue weighted by Crippen LogP contribution is -2.29. The van der Waals surface area contributed by atoms with Crippen LogP contribution in [-0.2, 0) is 4.79 Å². The van der Waals surface area contributed by atoms with E-state index < -0.39 is 0 Å². The van der Waals surface area contributed by atoms with Crippen molar-refractivity contribution in [1.82, 2.24) is 4.90 Å². The Morgan fingerprint density at radius 3 is 2.52 bits per heavy atom. The molecule has 122 valence electrons. The van der Waals surface area contributed by atoms with Gasteiger partial charge in [0.15, 0.2) is 5.78 Å². The molecule has 1 aromatic carbocycles. The summed E-state index contributed by atoms with van der Waals surface area (Å²) in [5, 5.41) is 3.33. The average molecular weight is 312 g/mol. The van der Waals surface area contributed by atoms with Gasteiger partial charge in [0.1, 0.15) is 0 Å². The third-order valence-electron chi connectivity index (χ3n) is 4.50. The van der Waals surface area contributed by atoms with Crippen LogP contribution >= 0.6 is 0 Å². The first-order valence-electron chi connectivity index (χ1n) is 8.33. The van der Waals surface area contributed by atoms with E-state index in [9.17, 15) is 9.59 Å². The van der Waals surface area contributed by atoms with Crippen LogP contribution in [0, 0.1) is 5.41 Å². The number of likely N-dealkylation sites (tertiary alicyclic amines) is 1. The molecule has 1 saturated heterocycles. The van der Waals surface area contributed by atoms with E-state index in [1.807, 2.05) is 29.2 Å². The Kier molecular flexibility index (Phi) is 4.24. The molecular weight excluding hydrogens is 288 g/mol. The number of hydrogen-bond acceptors (Lipinski definition) is 3. The Hall–Kier alpha value is -2.10. The van der Waals surface area contributed by atoms with Gasteiger partial charge in [0.2, 0.25) is 0 Å². The zero-order valence-corrected chi connectivity index (χ0v) is 13.9. The van der Waals surface area contributed by atoms with E-state index in [1.54, 1.807) is 6.08 Å². The van der Waals surface area contributed by atoms with Crippen molar-refractivity contribution in [1.29, 1.82) is 0 Å². The van der Waals surface area contributed by atoms with Crippen molar-refractivity contribution in [2.24, 2.45) is 5.41 Å². The molecular formula is C19H24N2O2. The summed E-state index contributed by atoms with van der Waals surface area (Å²) in [6.45, 7) is 5.87. The molecule has 1 aliphatic heterocycles. The van der Waals surface area contributed by atoms with Gasteiger partial charge >= 0.3 is 0 Å². The van der Waals surface area contributed by atoms with E-state index in [1.165, 1.54) is 0 Å². The number of benzene rings is 1. The summed E-state index contributed by atoms with van der Waals surface area (Å²) in [6, 6.07) is 7.58. The minimum Gasteiger partial charge on any atom is -0.358 e. The number of carbonyl (C=O) groups is 2. The van der Waals surface area contributed by atoms with Crippen molar-refractivity contribution < 1.29 is 9.59 Å². The quantitative estimate of drug-likeness (QED) is 0.927. The van der Waals surface area contributed by atoms with Gasteiger partial charge < -0.3 is 10.2 Å². The number of anilines is 1. The van der Waals surface area contributed by atoms with Gasteiger partial charge in [-0.2, -0.15) is 0 Å². The SMILES string of the molecule is CC1(C)CC(=O)C=C(Nc2ccccc2C(=O)N2CCCC2)C1. The smallest absolute Gasteiger partial charge is 0.255 e. The minimum atomic E-state index is -0.0396.